The van der Waals surface area contributed by atoms with Gasteiger partial charge in [0.15, 0.2) is 5.65 Å². The summed E-state index contributed by atoms with van der Waals surface area (Å²) in [6, 6.07) is 0. The van der Waals surface area contributed by atoms with Crippen molar-refractivity contribution in [2.75, 3.05) is 0 Å². The van der Waals surface area contributed by atoms with Crippen LogP contribution in [0.2, 0.25) is 0 Å². The van der Waals surface area contributed by atoms with E-state index in [1.807, 2.05) is 0 Å². The Morgan fingerprint density at radius 3 is 2.70 bits per heavy atom. The van der Waals surface area contributed by atoms with Crippen LogP contribution in [-0.2, 0) is 18.4 Å². The van der Waals surface area contributed by atoms with Crippen molar-refractivity contribution in [1.29, 1.82) is 0 Å². The fraction of sp³-hybridized carbons (Fsp3) is 0.538. The second-order valence-electron chi connectivity index (χ2n) is 4.84. The van der Waals surface area contributed by atoms with Crippen LogP contribution >= 0.6 is 0 Å². The predicted octanol–water partition coefficient (Wildman–Crippen LogP) is 0.491. The molecule has 0 radical (unpaired) electrons. The van der Waals surface area contributed by atoms with Gasteiger partial charge in [-0.3, -0.25) is 13.9 Å². The van der Waals surface area contributed by atoms with Gasteiger partial charge in [-0.15, -0.1) is 0 Å². The van der Waals surface area contributed by atoms with E-state index in [1.165, 1.54) is 11.6 Å². The molecule has 0 atom stereocenters. The lowest BCUT2D eigenvalue weighted by Crippen LogP contribution is -2.38. The van der Waals surface area contributed by atoms with Gasteiger partial charge in [-0.05, 0) is 19.8 Å². The van der Waals surface area contributed by atoms with Gasteiger partial charge in [-0.25, -0.2) is 9.78 Å². The van der Waals surface area contributed by atoms with Crippen LogP contribution in [0.4, 0.5) is 0 Å². The molecular formula is C13H18N4O3. The maximum Gasteiger partial charge on any atom is 0.332 e. The largest absolute Gasteiger partial charge is 0.336 e. The zero-order valence-electron chi connectivity index (χ0n) is 11.7. The molecule has 0 aliphatic heterocycles. The van der Waals surface area contributed by atoms with E-state index >= 15 is 0 Å². The van der Waals surface area contributed by atoms with Crippen molar-refractivity contribution in [1.82, 2.24) is 19.1 Å². The molecule has 0 aliphatic carbocycles. The Bertz CT molecular complexity index is 738. The molecule has 0 amide bonds. The average molecular weight is 278 g/mol. The van der Waals surface area contributed by atoms with Crippen LogP contribution in [-0.4, -0.2) is 25.4 Å². The molecule has 0 saturated carbocycles. The van der Waals surface area contributed by atoms with Crippen LogP contribution in [0.5, 0.6) is 0 Å². The monoisotopic (exact) mass is 278 g/mol. The molecule has 108 valence electrons. The summed E-state index contributed by atoms with van der Waals surface area (Å²) in [6.45, 7) is 2.24. The molecule has 0 spiro atoms. The first-order chi connectivity index (χ1) is 9.56. The Morgan fingerprint density at radius 2 is 2.00 bits per heavy atom. The third-order valence-electron chi connectivity index (χ3n) is 3.30. The third kappa shape index (κ3) is 2.56. The minimum atomic E-state index is -0.359. The second-order valence-corrected chi connectivity index (χ2v) is 4.84. The van der Waals surface area contributed by atoms with E-state index in [0.717, 1.165) is 30.1 Å². The highest BCUT2D eigenvalue weighted by atomic mass is 16.2. The molecule has 20 heavy (non-hydrogen) atoms. The summed E-state index contributed by atoms with van der Waals surface area (Å²) in [7, 11) is 1.46. The van der Waals surface area contributed by atoms with Crippen LogP contribution in [0, 0.1) is 6.92 Å². The van der Waals surface area contributed by atoms with Crippen LogP contribution < -0.4 is 11.2 Å². The highest BCUT2D eigenvalue weighted by molar-refractivity contribution is 5.69. The fourth-order valence-corrected chi connectivity index (χ4v) is 2.23. The van der Waals surface area contributed by atoms with E-state index < -0.39 is 0 Å². The molecule has 0 fully saturated rings. The third-order valence-corrected chi connectivity index (χ3v) is 3.30. The molecule has 2 heterocycles. The summed E-state index contributed by atoms with van der Waals surface area (Å²) in [4.78, 5) is 41.5. The lowest BCUT2D eigenvalue weighted by molar-refractivity contribution is -0.107. The summed E-state index contributed by atoms with van der Waals surface area (Å²) in [5, 5.41) is 0. The van der Waals surface area contributed by atoms with E-state index in [9.17, 15) is 14.4 Å². The molecule has 2 aromatic heterocycles. The minimum Gasteiger partial charge on any atom is -0.336 e. The van der Waals surface area contributed by atoms with E-state index in [4.69, 9.17) is 0 Å². The number of carbonyl (C=O) groups excluding carboxylic acids is 1. The lowest BCUT2D eigenvalue weighted by atomic mass is 10.2. The zero-order valence-corrected chi connectivity index (χ0v) is 11.7. The maximum atomic E-state index is 12.1. The van der Waals surface area contributed by atoms with Crippen molar-refractivity contribution in [2.45, 2.75) is 39.2 Å². The van der Waals surface area contributed by atoms with Gasteiger partial charge >= 0.3 is 5.69 Å². The van der Waals surface area contributed by atoms with E-state index in [0.29, 0.717) is 30.0 Å². The molecule has 0 saturated heterocycles. The summed E-state index contributed by atoms with van der Waals surface area (Å²) < 4.78 is 2.60. The Hall–Kier alpha value is -2.18. The van der Waals surface area contributed by atoms with Gasteiger partial charge in [0.1, 0.15) is 17.6 Å². The highest BCUT2D eigenvalue weighted by Gasteiger charge is 2.13. The summed E-state index contributed by atoms with van der Waals surface area (Å²) in [5.74, 6) is 0.609. The molecule has 7 nitrogen and oxygen atoms in total. The second kappa shape index (κ2) is 5.85. The minimum absolute atomic E-state index is 0.357. The molecule has 7 heteroatoms. The van der Waals surface area contributed by atoms with Crippen LogP contribution in [0.3, 0.4) is 0 Å². The van der Waals surface area contributed by atoms with Crippen molar-refractivity contribution in [3.63, 3.8) is 0 Å². The number of unbranched alkanes of at least 4 members (excludes halogenated alkanes) is 3. The molecule has 0 aliphatic rings. The Balaban J connectivity index is 2.34. The van der Waals surface area contributed by atoms with Gasteiger partial charge in [0, 0.05) is 20.0 Å². The van der Waals surface area contributed by atoms with Crippen molar-refractivity contribution in [3.8, 4) is 0 Å². The highest BCUT2D eigenvalue weighted by Crippen LogP contribution is 2.07. The first-order valence-corrected chi connectivity index (χ1v) is 6.66. The van der Waals surface area contributed by atoms with Crippen LogP contribution in [0.25, 0.3) is 11.2 Å². The van der Waals surface area contributed by atoms with Crippen molar-refractivity contribution in [2.24, 2.45) is 7.05 Å². The lowest BCUT2D eigenvalue weighted by Gasteiger charge is -2.08. The number of imidazole rings is 1. The number of hydrogen-bond acceptors (Lipinski definition) is 4. The standard InChI is InChI=1S/C13H18N4O3/c1-9-14-10-11(15-9)17(7-5-3-4-6-8-18)13(20)16(2)12(10)19/h8H,3-7H2,1-2H3,(H,14,15). The fourth-order valence-electron chi connectivity index (χ4n) is 2.23. The molecule has 2 aromatic rings. The number of H-pyrrole nitrogens is 1. The predicted molar refractivity (Wildman–Crippen MR) is 74.9 cm³/mol. The maximum absolute atomic E-state index is 12.1. The molecule has 0 bridgehead atoms. The molecule has 0 aromatic carbocycles. The quantitative estimate of drug-likeness (QED) is 0.615. The van der Waals surface area contributed by atoms with E-state index in [-0.39, 0.29) is 11.2 Å². The number of aldehydes is 1. The van der Waals surface area contributed by atoms with Crippen LogP contribution in [0.15, 0.2) is 9.59 Å². The number of carbonyl (C=O) groups is 1. The SMILES string of the molecule is Cc1nc2c([nH]1)c(=O)n(C)c(=O)n2CCCCCC=O. The smallest absolute Gasteiger partial charge is 0.332 e. The molecule has 2 rings (SSSR count). The number of rotatable bonds is 6. The Labute approximate surface area is 115 Å². The van der Waals surface area contributed by atoms with Crippen molar-refractivity contribution < 1.29 is 4.79 Å². The summed E-state index contributed by atoms with van der Waals surface area (Å²) in [6.07, 6.45) is 3.88. The molecule has 0 unspecified atom stereocenters. The van der Waals surface area contributed by atoms with Gasteiger partial charge in [0.2, 0.25) is 0 Å². The van der Waals surface area contributed by atoms with Crippen molar-refractivity contribution >= 4 is 17.5 Å². The summed E-state index contributed by atoms with van der Waals surface area (Å²) in [5.41, 5.74) is 0.0515. The van der Waals surface area contributed by atoms with Gasteiger partial charge < -0.3 is 9.78 Å². The average Bonchev–Trinajstić information content (AvgIpc) is 2.81. The first-order valence-electron chi connectivity index (χ1n) is 6.66. The van der Waals surface area contributed by atoms with E-state index in [1.54, 1.807) is 6.92 Å². The van der Waals surface area contributed by atoms with Gasteiger partial charge in [0.25, 0.3) is 5.56 Å². The summed E-state index contributed by atoms with van der Waals surface area (Å²) >= 11 is 0. The van der Waals surface area contributed by atoms with Gasteiger partial charge in [-0.2, -0.15) is 0 Å². The van der Waals surface area contributed by atoms with Gasteiger partial charge in [-0.1, -0.05) is 6.42 Å². The number of aromatic amines is 1. The van der Waals surface area contributed by atoms with Crippen molar-refractivity contribution in [3.05, 3.63) is 26.7 Å². The number of nitrogens with one attached hydrogen (secondary N) is 1. The Kier molecular flexibility index (Phi) is 4.16. The topological polar surface area (TPSA) is 89.8 Å². The zero-order chi connectivity index (χ0) is 14.7. The number of nitrogens with zero attached hydrogens (tertiary/aromatic N) is 3. The number of hydrogen-bond donors (Lipinski definition) is 1. The molecular weight excluding hydrogens is 260 g/mol. The number of aromatic nitrogens is 4. The van der Waals surface area contributed by atoms with Gasteiger partial charge in [0.05, 0.1) is 0 Å². The number of fused-ring (bicyclic) bond motifs is 1. The Morgan fingerprint density at radius 1 is 1.25 bits per heavy atom. The van der Waals surface area contributed by atoms with E-state index in [2.05, 4.69) is 9.97 Å². The normalized spacial score (nSPS) is 11.1. The van der Waals surface area contributed by atoms with Crippen LogP contribution in [0.1, 0.15) is 31.5 Å². The number of aryl methyl sites for hydroxylation is 2. The first kappa shape index (κ1) is 14.2. The molecule has 1 N–H and O–H groups in total.